The second-order valence-corrected chi connectivity index (χ2v) is 5.18. The number of fused-ring (bicyclic) bond motifs is 1. The Balaban J connectivity index is 1.68. The van der Waals surface area contributed by atoms with Crippen molar-refractivity contribution in [1.29, 1.82) is 0 Å². The second kappa shape index (κ2) is 6.39. The molecule has 6 nitrogen and oxygen atoms in total. The highest BCUT2D eigenvalue weighted by molar-refractivity contribution is 6.06. The molecule has 0 bridgehead atoms. The molecule has 1 aliphatic rings. The summed E-state index contributed by atoms with van der Waals surface area (Å²) < 4.78 is 5.19. The van der Waals surface area contributed by atoms with Crippen molar-refractivity contribution in [3.63, 3.8) is 0 Å². The van der Waals surface area contributed by atoms with Crippen LogP contribution in [0.15, 0.2) is 48.5 Å². The molecule has 3 rings (SSSR count). The van der Waals surface area contributed by atoms with Gasteiger partial charge in [-0.15, -0.1) is 0 Å². The zero-order chi connectivity index (χ0) is 16.2. The molecule has 0 aliphatic carbocycles. The first-order valence-corrected chi connectivity index (χ1v) is 7.26. The first-order valence-electron chi connectivity index (χ1n) is 7.26. The van der Waals surface area contributed by atoms with E-state index in [1.165, 1.54) is 7.11 Å². The van der Waals surface area contributed by atoms with E-state index in [1.807, 2.05) is 30.3 Å². The Kier molecular flexibility index (Phi) is 4.14. The van der Waals surface area contributed by atoms with Crippen LogP contribution in [0.4, 0.5) is 17.1 Å². The maximum atomic E-state index is 12.2. The van der Waals surface area contributed by atoms with E-state index in [4.69, 9.17) is 4.74 Å². The Morgan fingerprint density at radius 1 is 1.13 bits per heavy atom. The third kappa shape index (κ3) is 3.26. The summed E-state index contributed by atoms with van der Waals surface area (Å²) >= 11 is 0. The molecule has 2 aromatic rings. The molecule has 118 valence electrons. The van der Waals surface area contributed by atoms with Crippen molar-refractivity contribution in [1.82, 2.24) is 0 Å². The van der Waals surface area contributed by atoms with Crippen LogP contribution in [0.3, 0.4) is 0 Å². The molecule has 0 fully saturated rings. The van der Waals surface area contributed by atoms with E-state index in [9.17, 15) is 9.59 Å². The van der Waals surface area contributed by atoms with Crippen LogP contribution in [0.1, 0.15) is 6.42 Å². The lowest BCUT2D eigenvalue weighted by Gasteiger charge is -2.26. The smallest absolute Gasteiger partial charge is 0.247 e. The number of benzene rings is 2. The number of hydrogen-bond donors (Lipinski definition) is 3. The second-order valence-electron chi connectivity index (χ2n) is 5.18. The molecular weight excluding hydrogens is 294 g/mol. The summed E-state index contributed by atoms with van der Waals surface area (Å²) in [6, 6.07) is 13.9. The molecule has 0 saturated carbocycles. The average molecular weight is 311 g/mol. The number of rotatable bonds is 4. The Hall–Kier alpha value is -3.02. The zero-order valence-electron chi connectivity index (χ0n) is 12.6. The Morgan fingerprint density at radius 2 is 1.83 bits per heavy atom. The van der Waals surface area contributed by atoms with Gasteiger partial charge in [-0.25, -0.2) is 0 Å². The van der Waals surface area contributed by atoms with Crippen LogP contribution in [-0.4, -0.2) is 25.0 Å². The van der Waals surface area contributed by atoms with Crippen molar-refractivity contribution in [2.24, 2.45) is 0 Å². The van der Waals surface area contributed by atoms with E-state index in [-0.39, 0.29) is 18.2 Å². The minimum absolute atomic E-state index is 0.0260. The van der Waals surface area contributed by atoms with Gasteiger partial charge in [0.15, 0.2) is 0 Å². The van der Waals surface area contributed by atoms with Gasteiger partial charge < -0.3 is 20.7 Å². The predicted molar refractivity (Wildman–Crippen MR) is 88.7 cm³/mol. The largest absolute Gasteiger partial charge is 0.495 e. The van der Waals surface area contributed by atoms with Crippen molar-refractivity contribution in [3.8, 4) is 5.75 Å². The number of methoxy groups -OCH3 is 1. The molecule has 0 aromatic heterocycles. The van der Waals surface area contributed by atoms with Crippen LogP contribution in [-0.2, 0) is 9.59 Å². The van der Waals surface area contributed by atoms with Gasteiger partial charge in [-0.1, -0.05) is 24.3 Å². The van der Waals surface area contributed by atoms with E-state index >= 15 is 0 Å². The first-order chi connectivity index (χ1) is 11.2. The highest BCUT2D eigenvalue weighted by Crippen LogP contribution is 2.27. The highest BCUT2D eigenvalue weighted by Gasteiger charge is 2.27. The normalized spacial score (nSPS) is 15.9. The SMILES string of the molecule is COc1ccccc1NC(=O)C[C@@H]1Nc2ccccc2NC1=O. The van der Waals surface area contributed by atoms with Gasteiger partial charge in [-0.05, 0) is 24.3 Å². The molecule has 2 amide bonds. The fourth-order valence-corrected chi connectivity index (χ4v) is 2.47. The molecular formula is C17H17N3O3. The van der Waals surface area contributed by atoms with Crippen LogP contribution >= 0.6 is 0 Å². The van der Waals surface area contributed by atoms with E-state index < -0.39 is 6.04 Å². The topological polar surface area (TPSA) is 79.5 Å². The summed E-state index contributed by atoms with van der Waals surface area (Å²) in [4.78, 5) is 24.3. The zero-order valence-corrected chi connectivity index (χ0v) is 12.6. The molecule has 0 saturated heterocycles. The standard InChI is InChI=1S/C17H17N3O3/c1-23-15-9-5-4-8-13(15)19-16(21)10-14-17(22)20-12-7-3-2-6-11(12)18-14/h2-9,14,18H,10H2,1H3,(H,19,21)(H,20,22)/t14-/m0/s1. The van der Waals surface area contributed by atoms with Gasteiger partial charge in [0.2, 0.25) is 11.8 Å². The van der Waals surface area contributed by atoms with E-state index in [0.29, 0.717) is 11.4 Å². The predicted octanol–water partition coefficient (Wildman–Crippen LogP) is 2.46. The summed E-state index contributed by atoms with van der Waals surface area (Å²) in [6.45, 7) is 0. The van der Waals surface area contributed by atoms with Crippen LogP contribution < -0.4 is 20.7 Å². The van der Waals surface area contributed by atoms with Gasteiger partial charge in [-0.2, -0.15) is 0 Å². The van der Waals surface area contributed by atoms with Gasteiger partial charge in [0.25, 0.3) is 0 Å². The van der Waals surface area contributed by atoms with Gasteiger partial charge >= 0.3 is 0 Å². The van der Waals surface area contributed by atoms with E-state index in [1.54, 1.807) is 18.2 Å². The number of para-hydroxylation sites is 4. The number of hydrogen-bond acceptors (Lipinski definition) is 4. The number of anilines is 3. The lowest BCUT2D eigenvalue weighted by molar-refractivity contribution is -0.122. The van der Waals surface area contributed by atoms with Crippen molar-refractivity contribution >= 4 is 28.9 Å². The minimum atomic E-state index is -0.611. The Bertz CT molecular complexity index is 745. The monoisotopic (exact) mass is 311 g/mol. The summed E-state index contributed by atoms with van der Waals surface area (Å²) in [6.07, 6.45) is 0.0260. The molecule has 0 spiro atoms. The van der Waals surface area contributed by atoms with E-state index in [2.05, 4.69) is 16.0 Å². The molecule has 0 unspecified atom stereocenters. The first kappa shape index (κ1) is 14.9. The number of carbonyl (C=O) groups is 2. The van der Waals surface area contributed by atoms with Gasteiger partial charge in [0.1, 0.15) is 11.8 Å². The van der Waals surface area contributed by atoms with Crippen LogP contribution in [0.25, 0.3) is 0 Å². The van der Waals surface area contributed by atoms with Crippen molar-refractivity contribution in [2.45, 2.75) is 12.5 Å². The lowest BCUT2D eigenvalue weighted by atomic mass is 10.1. The number of amides is 2. The molecule has 1 atom stereocenters. The average Bonchev–Trinajstić information content (AvgIpc) is 2.56. The Labute approximate surface area is 133 Å². The summed E-state index contributed by atoms with van der Waals surface area (Å²) in [5.41, 5.74) is 2.11. The molecule has 6 heteroatoms. The summed E-state index contributed by atoms with van der Waals surface area (Å²) in [5, 5.41) is 8.65. The number of nitrogens with one attached hydrogen (secondary N) is 3. The van der Waals surface area contributed by atoms with Gasteiger partial charge in [0.05, 0.1) is 30.6 Å². The molecule has 0 radical (unpaired) electrons. The highest BCUT2D eigenvalue weighted by atomic mass is 16.5. The number of carbonyl (C=O) groups excluding carboxylic acids is 2. The molecule has 2 aromatic carbocycles. The number of ether oxygens (including phenoxy) is 1. The third-order valence-electron chi connectivity index (χ3n) is 3.60. The van der Waals surface area contributed by atoms with Crippen molar-refractivity contribution < 1.29 is 14.3 Å². The maximum Gasteiger partial charge on any atom is 0.247 e. The van der Waals surface area contributed by atoms with Crippen molar-refractivity contribution in [2.75, 3.05) is 23.1 Å². The van der Waals surface area contributed by atoms with E-state index in [0.717, 1.165) is 11.4 Å². The van der Waals surface area contributed by atoms with Gasteiger partial charge in [-0.3, -0.25) is 9.59 Å². The van der Waals surface area contributed by atoms with Crippen LogP contribution in [0.2, 0.25) is 0 Å². The molecule has 3 N–H and O–H groups in total. The lowest BCUT2D eigenvalue weighted by Crippen LogP contribution is -2.41. The molecule has 1 heterocycles. The molecule has 23 heavy (non-hydrogen) atoms. The fraction of sp³-hybridized carbons (Fsp3) is 0.176. The van der Waals surface area contributed by atoms with Crippen molar-refractivity contribution in [3.05, 3.63) is 48.5 Å². The fourth-order valence-electron chi connectivity index (χ4n) is 2.47. The van der Waals surface area contributed by atoms with Crippen LogP contribution in [0, 0.1) is 0 Å². The minimum Gasteiger partial charge on any atom is -0.495 e. The maximum absolute atomic E-state index is 12.2. The van der Waals surface area contributed by atoms with Crippen LogP contribution in [0.5, 0.6) is 5.75 Å². The quantitative estimate of drug-likeness (QED) is 0.810. The van der Waals surface area contributed by atoms with Gasteiger partial charge in [0, 0.05) is 0 Å². The Morgan fingerprint density at radius 3 is 2.61 bits per heavy atom. The molecule has 1 aliphatic heterocycles. The summed E-state index contributed by atoms with van der Waals surface area (Å²) in [5.74, 6) is 0.0904. The summed E-state index contributed by atoms with van der Waals surface area (Å²) in [7, 11) is 1.54. The third-order valence-corrected chi connectivity index (χ3v) is 3.60.